The summed E-state index contributed by atoms with van der Waals surface area (Å²) in [6, 6.07) is 12.0. The van der Waals surface area contributed by atoms with Crippen molar-refractivity contribution in [1.29, 1.82) is 0 Å². The maximum atomic E-state index is 14.3. The topological polar surface area (TPSA) is 67.4 Å². The third-order valence-corrected chi connectivity index (χ3v) is 5.21. The number of hydrogen-bond acceptors (Lipinski definition) is 4. The van der Waals surface area contributed by atoms with E-state index in [1.54, 1.807) is 45.1 Å². The number of aromatic nitrogens is 3. The van der Waals surface area contributed by atoms with Crippen LogP contribution in [-0.4, -0.2) is 38.3 Å². The van der Waals surface area contributed by atoms with Crippen LogP contribution in [0.25, 0.3) is 16.6 Å². The Hall–Kier alpha value is -3.68. The van der Waals surface area contributed by atoms with Crippen molar-refractivity contribution in [2.75, 3.05) is 11.4 Å². The molecule has 146 valence electrons. The molecule has 0 bridgehead atoms. The highest BCUT2D eigenvalue weighted by Gasteiger charge is 2.37. The van der Waals surface area contributed by atoms with Crippen LogP contribution in [0.2, 0.25) is 0 Å². The number of amides is 2. The van der Waals surface area contributed by atoms with Gasteiger partial charge in [0.1, 0.15) is 17.8 Å². The highest BCUT2D eigenvalue weighted by molar-refractivity contribution is 6.03. The first-order valence-electron chi connectivity index (χ1n) is 9.31. The van der Waals surface area contributed by atoms with Crippen molar-refractivity contribution in [3.63, 3.8) is 0 Å². The molecule has 2 aromatic heterocycles. The van der Waals surface area contributed by atoms with Gasteiger partial charge in [-0.3, -0.25) is 4.90 Å². The monoisotopic (exact) mass is 391 g/mol. The Morgan fingerprint density at radius 1 is 1.17 bits per heavy atom. The standard InChI is InChI=1S/C21H18FN5O2/c1-14-12-26(21(28)25(14)13-20-23-9-10-29-20)17-7-4-8-18-15(17)11-24-27(18)19-6-3-2-5-16(19)22/h2-11,14H,12-13H2,1H3/t14-/m1/s1. The minimum Gasteiger partial charge on any atom is -0.447 e. The van der Waals surface area contributed by atoms with Crippen molar-refractivity contribution in [2.24, 2.45) is 0 Å². The van der Waals surface area contributed by atoms with E-state index in [4.69, 9.17) is 4.42 Å². The van der Waals surface area contributed by atoms with E-state index in [2.05, 4.69) is 10.1 Å². The van der Waals surface area contributed by atoms with E-state index in [1.165, 1.54) is 12.3 Å². The molecular formula is C21H18FN5O2. The minimum absolute atomic E-state index is 0.00808. The van der Waals surface area contributed by atoms with Gasteiger partial charge in [-0.05, 0) is 31.2 Å². The highest BCUT2D eigenvalue weighted by atomic mass is 19.1. The quantitative estimate of drug-likeness (QED) is 0.528. The van der Waals surface area contributed by atoms with Gasteiger partial charge in [0, 0.05) is 18.0 Å². The molecular weight excluding hydrogens is 373 g/mol. The molecule has 0 unspecified atom stereocenters. The summed E-state index contributed by atoms with van der Waals surface area (Å²) in [7, 11) is 0. The van der Waals surface area contributed by atoms with E-state index < -0.39 is 0 Å². The van der Waals surface area contributed by atoms with E-state index in [9.17, 15) is 9.18 Å². The smallest absolute Gasteiger partial charge is 0.325 e. The lowest BCUT2D eigenvalue weighted by Gasteiger charge is -2.19. The van der Waals surface area contributed by atoms with Gasteiger partial charge in [0.25, 0.3) is 0 Å². The molecule has 0 N–H and O–H groups in total. The second kappa shape index (κ2) is 6.73. The van der Waals surface area contributed by atoms with Crippen molar-refractivity contribution in [3.8, 4) is 5.69 Å². The van der Waals surface area contributed by atoms with Crippen LogP contribution < -0.4 is 4.90 Å². The second-order valence-electron chi connectivity index (χ2n) is 7.01. The number of benzene rings is 2. The molecule has 1 atom stereocenters. The van der Waals surface area contributed by atoms with E-state index in [0.29, 0.717) is 24.7 Å². The molecule has 1 saturated heterocycles. The third-order valence-electron chi connectivity index (χ3n) is 5.21. The maximum absolute atomic E-state index is 14.3. The normalized spacial score (nSPS) is 16.9. The molecule has 4 aromatic rings. The molecule has 29 heavy (non-hydrogen) atoms. The Morgan fingerprint density at radius 2 is 2.00 bits per heavy atom. The number of urea groups is 1. The number of rotatable bonds is 4. The molecule has 0 spiro atoms. The van der Waals surface area contributed by atoms with E-state index >= 15 is 0 Å². The number of carbonyl (C=O) groups excluding carboxylic acids is 1. The molecule has 1 aliphatic rings. The summed E-state index contributed by atoms with van der Waals surface area (Å²) >= 11 is 0. The van der Waals surface area contributed by atoms with Gasteiger partial charge in [0.05, 0.1) is 30.1 Å². The number of oxazole rings is 1. The van der Waals surface area contributed by atoms with Gasteiger partial charge in [-0.25, -0.2) is 18.9 Å². The summed E-state index contributed by atoms with van der Waals surface area (Å²) in [6.45, 7) is 2.83. The summed E-state index contributed by atoms with van der Waals surface area (Å²) in [5.74, 6) is 0.142. The molecule has 2 amide bonds. The van der Waals surface area contributed by atoms with Crippen molar-refractivity contribution < 1.29 is 13.6 Å². The Kier molecular flexibility index (Phi) is 4.04. The predicted molar refractivity (Wildman–Crippen MR) is 105 cm³/mol. The Labute approximate surface area is 166 Å². The molecule has 3 heterocycles. The summed E-state index contributed by atoms with van der Waals surface area (Å²) in [4.78, 5) is 20.7. The molecule has 0 aliphatic carbocycles. The third kappa shape index (κ3) is 2.84. The van der Waals surface area contributed by atoms with Gasteiger partial charge in [-0.15, -0.1) is 0 Å². The van der Waals surface area contributed by atoms with Crippen LogP contribution in [0.4, 0.5) is 14.9 Å². The average Bonchev–Trinajstić information content (AvgIpc) is 3.45. The van der Waals surface area contributed by atoms with Gasteiger partial charge in [-0.1, -0.05) is 18.2 Å². The van der Waals surface area contributed by atoms with E-state index in [1.807, 2.05) is 25.1 Å². The first-order chi connectivity index (χ1) is 14.1. The van der Waals surface area contributed by atoms with Gasteiger partial charge >= 0.3 is 6.03 Å². The summed E-state index contributed by atoms with van der Waals surface area (Å²) < 4.78 is 21.1. The van der Waals surface area contributed by atoms with Gasteiger partial charge in [0.2, 0.25) is 5.89 Å². The fraction of sp³-hybridized carbons (Fsp3) is 0.190. The summed E-state index contributed by atoms with van der Waals surface area (Å²) in [5, 5.41) is 5.17. The fourth-order valence-corrected chi connectivity index (χ4v) is 3.77. The van der Waals surface area contributed by atoms with Crippen LogP contribution in [-0.2, 0) is 6.54 Å². The van der Waals surface area contributed by atoms with Crippen LogP contribution in [0.1, 0.15) is 12.8 Å². The van der Waals surface area contributed by atoms with Gasteiger partial charge < -0.3 is 9.32 Å². The fourth-order valence-electron chi connectivity index (χ4n) is 3.77. The van der Waals surface area contributed by atoms with Crippen molar-refractivity contribution in [3.05, 3.63) is 72.8 Å². The van der Waals surface area contributed by atoms with Crippen molar-refractivity contribution in [1.82, 2.24) is 19.7 Å². The first-order valence-corrected chi connectivity index (χ1v) is 9.31. The number of nitrogens with zero attached hydrogens (tertiary/aromatic N) is 5. The molecule has 1 fully saturated rings. The second-order valence-corrected chi connectivity index (χ2v) is 7.01. The lowest BCUT2D eigenvalue weighted by atomic mass is 10.2. The molecule has 8 heteroatoms. The van der Waals surface area contributed by atoms with E-state index in [0.717, 1.165) is 16.6 Å². The summed E-state index contributed by atoms with van der Waals surface area (Å²) in [6.07, 6.45) is 4.73. The van der Waals surface area contributed by atoms with E-state index in [-0.39, 0.29) is 17.9 Å². The number of hydrogen-bond donors (Lipinski definition) is 0. The maximum Gasteiger partial charge on any atom is 0.325 e. The van der Waals surface area contributed by atoms with Crippen LogP contribution >= 0.6 is 0 Å². The zero-order valence-electron chi connectivity index (χ0n) is 15.7. The SMILES string of the molecule is C[C@@H]1CN(c2cccc3c2cnn3-c2ccccc2F)C(=O)N1Cc1ncco1. The number of anilines is 1. The Balaban J connectivity index is 1.53. The Morgan fingerprint density at radius 3 is 2.79 bits per heavy atom. The van der Waals surface area contributed by atoms with Gasteiger partial charge in [0.15, 0.2) is 0 Å². The largest absolute Gasteiger partial charge is 0.447 e. The van der Waals surface area contributed by atoms with Crippen LogP contribution in [0.5, 0.6) is 0 Å². The predicted octanol–water partition coefficient (Wildman–Crippen LogP) is 3.98. The zero-order chi connectivity index (χ0) is 20.0. The molecule has 0 saturated carbocycles. The number of halogens is 1. The van der Waals surface area contributed by atoms with Gasteiger partial charge in [-0.2, -0.15) is 5.10 Å². The lowest BCUT2D eigenvalue weighted by molar-refractivity contribution is 0.199. The van der Waals surface area contributed by atoms with Crippen LogP contribution in [0, 0.1) is 5.82 Å². The molecule has 5 rings (SSSR count). The molecule has 2 aromatic carbocycles. The van der Waals surface area contributed by atoms with Crippen molar-refractivity contribution >= 4 is 22.6 Å². The molecule has 7 nitrogen and oxygen atoms in total. The number of carbonyl (C=O) groups is 1. The minimum atomic E-state index is -0.356. The van der Waals surface area contributed by atoms with Crippen LogP contribution in [0.3, 0.4) is 0 Å². The Bertz CT molecular complexity index is 1190. The number of fused-ring (bicyclic) bond motifs is 1. The average molecular weight is 391 g/mol. The molecule has 1 aliphatic heterocycles. The lowest BCUT2D eigenvalue weighted by Crippen LogP contribution is -2.33. The highest BCUT2D eigenvalue weighted by Crippen LogP contribution is 2.32. The van der Waals surface area contributed by atoms with Crippen LogP contribution in [0.15, 0.2) is 65.5 Å². The first kappa shape index (κ1) is 17.4. The van der Waals surface area contributed by atoms with Crippen molar-refractivity contribution in [2.45, 2.75) is 19.5 Å². The number of para-hydroxylation sites is 1. The molecule has 0 radical (unpaired) electrons. The summed E-state index contributed by atoms with van der Waals surface area (Å²) in [5.41, 5.74) is 1.85. The zero-order valence-corrected chi connectivity index (χ0v) is 15.7.